The number of aromatic nitrogens is 1. The minimum absolute atomic E-state index is 0.0225. The van der Waals surface area contributed by atoms with Crippen LogP contribution in [-0.4, -0.2) is 18.4 Å². The Bertz CT molecular complexity index is 544. The maximum absolute atomic E-state index is 11.8. The Morgan fingerprint density at radius 3 is 2.41 bits per heavy atom. The average Bonchev–Trinajstić information content (AvgIpc) is 2.43. The van der Waals surface area contributed by atoms with Crippen LogP contribution < -0.4 is 5.56 Å². The zero-order valence-corrected chi connectivity index (χ0v) is 12.2. The van der Waals surface area contributed by atoms with Crippen LogP contribution in [0, 0.1) is 0 Å². The topological polar surface area (TPSA) is 32.9 Å². The maximum Gasteiger partial charge on any atom is 0.256 e. The van der Waals surface area contributed by atoms with E-state index in [1.165, 1.54) is 0 Å². The first-order chi connectivity index (χ1) is 7.97. The third-order valence-corrected chi connectivity index (χ3v) is 7.06. The quantitative estimate of drug-likeness (QED) is 0.679. The number of thioether (sulfide) groups is 1. The van der Waals surface area contributed by atoms with Crippen molar-refractivity contribution in [3.63, 3.8) is 0 Å². The van der Waals surface area contributed by atoms with Crippen LogP contribution >= 0.6 is 11.8 Å². The SMILES string of the molecule is C[Si](C)(C)CSc1[nH]c(=O)c2cccccc1-2. The van der Waals surface area contributed by atoms with Gasteiger partial charge in [0, 0.05) is 11.1 Å². The molecule has 90 valence electrons. The smallest absolute Gasteiger partial charge is 0.256 e. The minimum Gasteiger partial charge on any atom is -0.316 e. The van der Waals surface area contributed by atoms with Gasteiger partial charge in [-0.3, -0.25) is 4.79 Å². The molecule has 0 spiro atoms. The molecule has 0 unspecified atom stereocenters. The summed E-state index contributed by atoms with van der Waals surface area (Å²) in [5.74, 6) is 0. The lowest BCUT2D eigenvalue weighted by molar-refractivity contribution is 1.17. The Labute approximate surface area is 107 Å². The molecule has 0 radical (unpaired) electrons. The fraction of sp³-hybridized carbons (Fsp3) is 0.308. The van der Waals surface area contributed by atoms with Crippen molar-refractivity contribution in [1.29, 1.82) is 0 Å². The van der Waals surface area contributed by atoms with Gasteiger partial charge < -0.3 is 4.98 Å². The van der Waals surface area contributed by atoms with Gasteiger partial charge in [0.05, 0.1) is 13.1 Å². The van der Waals surface area contributed by atoms with Crippen LogP contribution in [-0.2, 0) is 0 Å². The van der Waals surface area contributed by atoms with Crippen molar-refractivity contribution in [3.8, 4) is 11.1 Å². The standard InChI is InChI=1S/C13H17NOSSi/c1-17(2,3)9-16-13-11-8-6-4-5-7-10(11)12(15)14-13/h4-8H,9H2,1-3H3,(H,14,15). The highest BCUT2D eigenvalue weighted by Gasteiger charge is 2.18. The summed E-state index contributed by atoms with van der Waals surface area (Å²) in [6.07, 6.45) is 0. The van der Waals surface area contributed by atoms with E-state index in [0.29, 0.717) is 0 Å². The Balaban J connectivity index is 2.35. The van der Waals surface area contributed by atoms with E-state index in [0.717, 1.165) is 21.5 Å². The molecule has 0 fully saturated rings. The summed E-state index contributed by atoms with van der Waals surface area (Å²) < 4.78 is 0. The average molecular weight is 263 g/mol. The second-order valence-electron chi connectivity index (χ2n) is 5.37. The molecule has 0 atom stereocenters. The van der Waals surface area contributed by atoms with E-state index in [9.17, 15) is 4.79 Å². The van der Waals surface area contributed by atoms with E-state index in [2.05, 4.69) is 24.6 Å². The molecule has 17 heavy (non-hydrogen) atoms. The molecule has 1 heterocycles. The fourth-order valence-corrected chi connectivity index (χ4v) is 4.39. The van der Waals surface area contributed by atoms with Gasteiger partial charge in [-0.2, -0.15) is 0 Å². The molecule has 2 aliphatic rings. The van der Waals surface area contributed by atoms with Gasteiger partial charge in [-0.1, -0.05) is 43.9 Å². The lowest BCUT2D eigenvalue weighted by atomic mass is 10.2. The summed E-state index contributed by atoms with van der Waals surface area (Å²) in [5.41, 5.74) is 1.85. The molecule has 2 nitrogen and oxygen atoms in total. The van der Waals surface area contributed by atoms with Crippen LogP contribution in [0.25, 0.3) is 11.1 Å². The summed E-state index contributed by atoms with van der Waals surface area (Å²) >= 11 is 1.78. The Hall–Kier alpha value is -1.00. The molecule has 0 aromatic carbocycles. The van der Waals surface area contributed by atoms with Crippen molar-refractivity contribution in [1.82, 2.24) is 4.98 Å². The zero-order valence-electron chi connectivity index (χ0n) is 10.4. The van der Waals surface area contributed by atoms with Crippen LogP contribution in [0.1, 0.15) is 0 Å². The largest absolute Gasteiger partial charge is 0.316 e. The number of nitrogens with one attached hydrogen (secondary N) is 1. The van der Waals surface area contributed by atoms with Crippen molar-refractivity contribution in [2.75, 3.05) is 5.38 Å². The molecule has 4 heteroatoms. The lowest BCUT2D eigenvalue weighted by Gasteiger charge is -2.14. The minimum atomic E-state index is -1.10. The second kappa shape index (κ2) is 4.70. The van der Waals surface area contributed by atoms with Crippen molar-refractivity contribution < 1.29 is 0 Å². The highest BCUT2D eigenvalue weighted by Crippen LogP contribution is 2.30. The summed E-state index contributed by atoms with van der Waals surface area (Å²) in [6.45, 7) is 7.01. The van der Waals surface area contributed by atoms with Gasteiger partial charge in [0.15, 0.2) is 0 Å². The first-order valence-electron chi connectivity index (χ1n) is 5.71. The normalized spacial score (nSPS) is 11.9. The van der Waals surface area contributed by atoms with Crippen LogP contribution in [0.5, 0.6) is 0 Å². The molecular formula is C13H17NOSSi. The highest BCUT2D eigenvalue weighted by atomic mass is 32.2. The van der Waals surface area contributed by atoms with E-state index >= 15 is 0 Å². The summed E-state index contributed by atoms with van der Waals surface area (Å²) in [6, 6.07) is 9.73. The molecule has 0 aromatic rings. The molecule has 2 rings (SSSR count). The Kier molecular flexibility index (Phi) is 3.44. The van der Waals surface area contributed by atoms with Gasteiger partial charge in [-0.15, -0.1) is 11.8 Å². The van der Waals surface area contributed by atoms with Gasteiger partial charge in [0.25, 0.3) is 5.56 Å². The maximum atomic E-state index is 11.8. The molecule has 0 saturated carbocycles. The Morgan fingerprint density at radius 2 is 1.76 bits per heavy atom. The van der Waals surface area contributed by atoms with Gasteiger partial charge in [0.1, 0.15) is 0 Å². The highest BCUT2D eigenvalue weighted by molar-refractivity contribution is 8.01. The van der Waals surface area contributed by atoms with E-state index < -0.39 is 8.07 Å². The summed E-state index contributed by atoms with van der Waals surface area (Å²) in [7, 11) is -1.10. The van der Waals surface area contributed by atoms with Crippen molar-refractivity contribution >= 4 is 19.8 Å². The monoisotopic (exact) mass is 263 g/mol. The van der Waals surface area contributed by atoms with Crippen LogP contribution in [0.3, 0.4) is 0 Å². The molecule has 1 N–H and O–H groups in total. The molecule has 0 saturated heterocycles. The number of H-pyrrole nitrogens is 1. The number of rotatable bonds is 3. The predicted octanol–water partition coefficient (Wildman–Crippen LogP) is 3.45. The van der Waals surface area contributed by atoms with Gasteiger partial charge in [-0.05, 0) is 11.4 Å². The molecule has 0 aromatic heterocycles. The van der Waals surface area contributed by atoms with E-state index in [1.54, 1.807) is 11.8 Å². The summed E-state index contributed by atoms with van der Waals surface area (Å²) in [4.78, 5) is 14.8. The first-order valence-corrected chi connectivity index (χ1v) is 10.4. The number of fused-ring (bicyclic) bond motifs is 1. The number of hydrogen-bond donors (Lipinski definition) is 1. The second-order valence-corrected chi connectivity index (χ2v) is 12.3. The Morgan fingerprint density at radius 1 is 1.12 bits per heavy atom. The zero-order chi connectivity index (χ0) is 12.5. The molecule has 0 bridgehead atoms. The fourth-order valence-electron chi connectivity index (χ4n) is 1.58. The van der Waals surface area contributed by atoms with E-state index in [1.807, 2.05) is 30.3 Å². The number of hydrogen-bond acceptors (Lipinski definition) is 2. The van der Waals surface area contributed by atoms with Crippen LogP contribution in [0.15, 0.2) is 40.2 Å². The molecule has 1 aliphatic carbocycles. The van der Waals surface area contributed by atoms with Crippen LogP contribution in [0.4, 0.5) is 0 Å². The third kappa shape index (κ3) is 3.01. The van der Waals surface area contributed by atoms with Gasteiger partial charge in [0.2, 0.25) is 0 Å². The number of aromatic amines is 1. The molecule has 0 amide bonds. The summed E-state index contributed by atoms with van der Waals surface area (Å²) in [5, 5.41) is 2.14. The van der Waals surface area contributed by atoms with Gasteiger partial charge in [-0.25, -0.2) is 0 Å². The van der Waals surface area contributed by atoms with Crippen molar-refractivity contribution in [2.24, 2.45) is 0 Å². The van der Waals surface area contributed by atoms with Crippen molar-refractivity contribution in [3.05, 3.63) is 40.7 Å². The van der Waals surface area contributed by atoms with Crippen LogP contribution in [0.2, 0.25) is 19.6 Å². The van der Waals surface area contributed by atoms with Gasteiger partial charge >= 0.3 is 0 Å². The van der Waals surface area contributed by atoms with E-state index in [-0.39, 0.29) is 5.56 Å². The van der Waals surface area contributed by atoms with E-state index in [4.69, 9.17) is 0 Å². The predicted molar refractivity (Wildman–Crippen MR) is 77.8 cm³/mol. The van der Waals surface area contributed by atoms with Crippen molar-refractivity contribution in [2.45, 2.75) is 24.7 Å². The first kappa shape index (κ1) is 12.5. The molecular weight excluding hydrogens is 246 g/mol. The lowest BCUT2D eigenvalue weighted by Crippen LogP contribution is -2.23. The molecule has 1 aliphatic heterocycles. The third-order valence-electron chi connectivity index (χ3n) is 2.40.